The molecule has 1 aromatic carbocycles. The standard InChI is InChI=1S/C19H24NO5P/c1-3-9-18(22-2)15-23-26(25-17-12-5-4-6-13-17)20-14-19(21)24-16-10-7-8-11-16/h1,4-6,12-13,15-16,20H,7-11,14H2,2H3/b18-15-. The van der Waals surface area contributed by atoms with Gasteiger partial charge in [0, 0.05) is 0 Å². The fraction of sp³-hybridized carbons (Fsp3) is 0.421. The lowest BCUT2D eigenvalue weighted by molar-refractivity contribution is -0.147. The first-order valence-corrected chi connectivity index (χ1v) is 9.68. The van der Waals surface area contributed by atoms with E-state index in [2.05, 4.69) is 11.0 Å². The van der Waals surface area contributed by atoms with Gasteiger partial charge in [-0.15, -0.1) is 6.42 Å². The molecule has 140 valence electrons. The van der Waals surface area contributed by atoms with Gasteiger partial charge in [-0.3, -0.25) is 4.79 Å². The van der Waals surface area contributed by atoms with E-state index in [0.29, 0.717) is 17.9 Å². The molecule has 1 saturated carbocycles. The number of allylic oxidation sites excluding steroid dienone is 1. The van der Waals surface area contributed by atoms with Crippen molar-refractivity contribution in [2.45, 2.75) is 38.2 Å². The molecule has 0 saturated heterocycles. The van der Waals surface area contributed by atoms with Crippen LogP contribution in [0.15, 0.2) is 42.4 Å². The van der Waals surface area contributed by atoms with E-state index < -0.39 is 8.53 Å². The van der Waals surface area contributed by atoms with Crippen LogP contribution in [0.3, 0.4) is 0 Å². The van der Waals surface area contributed by atoms with Crippen molar-refractivity contribution in [2.24, 2.45) is 0 Å². The summed E-state index contributed by atoms with van der Waals surface area (Å²) in [6.07, 6.45) is 11.1. The number of esters is 1. The van der Waals surface area contributed by atoms with Crippen molar-refractivity contribution in [1.29, 1.82) is 0 Å². The number of nitrogens with one attached hydrogen (secondary N) is 1. The molecule has 26 heavy (non-hydrogen) atoms. The van der Waals surface area contributed by atoms with Crippen LogP contribution < -0.4 is 9.61 Å². The van der Waals surface area contributed by atoms with E-state index in [1.165, 1.54) is 13.4 Å². The van der Waals surface area contributed by atoms with Crippen LogP contribution in [0.2, 0.25) is 0 Å². The third-order valence-electron chi connectivity index (χ3n) is 3.70. The second-order valence-corrected chi connectivity index (χ2v) is 6.89. The highest BCUT2D eigenvalue weighted by Gasteiger charge is 2.21. The first-order valence-electron chi connectivity index (χ1n) is 8.50. The van der Waals surface area contributed by atoms with Gasteiger partial charge in [-0.2, -0.15) is 0 Å². The van der Waals surface area contributed by atoms with Crippen LogP contribution in [0.1, 0.15) is 32.1 Å². The Morgan fingerprint density at radius 1 is 1.35 bits per heavy atom. The molecular weight excluding hydrogens is 353 g/mol. The van der Waals surface area contributed by atoms with Gasteiger partial charge in [-0.25, -0.2) is 5.09 Å². The molecule has 0 amide bonds. The summed E-state index contributed by atoms with van der Waals surface area (Å²) in [4.78, 5) is 12.0. The fourth-order valence-electron chi connectivity index (χ4n) is 2.40. The monoisotopic (exact) mass is 377 g/mol. The fourth-order valence-corrected chi connectivity index (χ4v) is 3.37. The van der Waals surface area contributed by atoms with E-state index in [9.17, 15) is 4.79 Å². The lowest BCUT2D eigenvalue weighted by Gasteiger charge is -2.18. The number of para-hydroxylation sites is 1. The minimum atomic E-state index is -1.61. The van der Waals surface area contributed by atoms with Gasteiger partial charge < -0.3 is 18.5 Å². The molecule has 0 heterocycles. The molecule has 1 aliphatic carbocycles. The molecule has 0 radical (unpaired) electrons. The van der Waals surface area contributed by atoms with E-state index in [1.807, 2.05) is 18.2 Å². The Kier molecular flexibility index (Phi) is 8.82. The van der Waals surface area contributed by atoms with E-state index in [4.69, 9.17) is 24.9 Å². The maximum absolute atomic E-state index is 12.0. The van der Waals surface area contributed by atoms with Crippen LogP contribution in [0.4, 0.5) is 0 Å². The highest BCUT2D eigenvalue weighted by molar-refractivity contribution is 7.45. The minimum absolute atomic E-state index is 0.000329. The van der Waals surface area contributed by atoms with Crippen molar-refractivity contribution in [3.63, 3.8) is 0 Å². The Bertz CT molecular complexity index is 623. The topological polar surface area (TPSA) is 66.0 Å². The van der Waals surface area contributed by atoms with Crippen LogP contribution in [-0.2, 0) is 18.8 Å². The predicted octanol–water partition coefficient (Wildman–Crippen LogP) is 3.90. The largest absolute Gasteiger partial charge is 0.497 e. The van der Waals surface area contributed by atoms with Crippen molar-refractivity contribution in [3.8, 4) is 18.1 Å². The molecule has 6 nitrogen and oxygen atoms in total. The van der Waals surface area contributed by atoms with Crippen molar-refractivity contribution >= 4 is 14.5 Å². The summed E-state index contributed by atoms with van der Waals surface area (Å²) < 4.78 is 22.0. The summed E-state index contributed by atoms with van der Waals surface area (Å²) in [6, 6.07) is 9.20. The lowest BCUT2D eigenvalue weighted by Crippen LogP contribution is -2.26. The summed E-state index contributed by atoms with van der Waals surface area (Å²) in [7, 11) is -0.0990. The highest BCUT2D eigenvalue weighted by atomic mass is 31.2. The van der Waals surface area contributed by atoms with E-state index in [-0.39, 0.29) is 18.6 Å². The molecular formula is C19H24NO5P. The van der Waals surface area contributed by atoms with Gasteiger partial charge in [0.05, 0.1) is 13.5 Å². The Morgan fingerprint density at radius 3 is 2.73 bits per heavy atom. The Hall–Kier alpha value is -2.22. The molecule has 1 atom stereocenters. The third-order valence-corrected chi connectivity index (χ3v) is 4.79. The molecule has 0 spiro atoms. The highest BCUT2D eigenvalue weighted by Crippen LogP contribution is 2.36. The molecule has 7 heteroatoms. The Balaban J connectivity index is 1.90. The number of terminal acetylenes is 1. The first kappa shape index (κ1) is 20.1. The quantitative estimate of drug-likeness (QED) is 0.289. The van der Waals surface area contributed by atoms with Gasteiger partial charge in [0.1, 0.15) is 30.4 Å². The molecule has 1 aromatic rings. The summed E-state index contributed by atoms with van der Waals surface area (Å²) in [5.41, 5.74) is 0. The molecule has 2 rings (SSSR count). The molecule has 1 unspecified atom stereocenters. The first-order chi connectivity index (χ1) is 12.7. The second-order valence-electron chi connectivity index (χ2n) is 5.67. The number of hydrogen-bond acceptors (Lipinski definition) is 6. The maximum atomic E-state index is 12.0. The SMILES string of the molecule is C#CC/C(=C/OP(NCC(=O)OC1CCCC1)Oc1ccccc1)OC. The van der Waals surface area contributed by atoms with Crippen molar-refractivity contribution < 1.29 is 23.3 Å². The molecule has 1 fully saturated rings. The Labute approximate surface area is 155 Å². The van der Waals surface area contributed by atoms with E-state index in [0.717, 1.165) is 25.7 Å². The number of rotatable bonds is 10. The molecule has 0 aliphatic heterocycles. The molecule has 1 aliphatic rings. The number of benzene rings is 1. The summed E-state index contributed by atoms with van der Waals surface area (Å²) in [5, 5.41) is 2.96. The zero-order chi connectivity index (χ0) is 18.6. The number of carbonyl (C=O) groups excluding carboxylic acids is 1. The third kappa shape index (κ3) is 7.35. The zero-order valence-electron chi connectivity index (χ0n) is 14.8. The average Bonchev–Trinajstić information content (AvgIpc) is 3.16. The Morgan fingerprint density at radius 2 is 2.08 bits per heavy atom. The van der Waals surface area contributed by atoms with Crippen molar-refractivity contribution in [2.75, 3.05) is 13.7 Å². The maximum Gasteiger partial charge on any atom is 0.381 e. The van der Waals surface area contributed by atoms with Crippen LogP contribution in [0.5, 0.6) is 5.75 Å². The predicted molar refractivity (Wildman–Crippen MR) is 100.0 cm³/mol. The number of methoxy groups -OCH3 is 1. The van der Waals surface area contributed by atoms with E-state index >= 15 is 0 Å². The van der Waals surface area contributed by atoms with Gasteiger partial charge in [0.25, 0.3) is 0 Å². The number of hydrogen-bond donors (Lipinski definition) is 1. The smallest absolute Gasteiger partial charge is 0.381 e. The average molecular weight is 377 g/mol. The molecule has 0 aromatic heterocycles. The van der Waals surface area contributed by atoms with Gasteiger partial charge in [-0.1, -0.05) is 24.1 Å². The van der Waals surface area contributed by atoms with Crippen LogP contribution in [-0.4, -0.2) is 25.7 Å². The second kappa shape index (κ2) is 11.4. The summed E-state index contributed by atoms with van der Waals surface area (Å²) in [5.74, 6) is 3.28. The summed E-state index contributed by atoms with van der Waals surface area (Å²) in [6.45, 7) is 0.000329. The minimum Gasteiger partial charge on any atom is -0.497 e. The van der Waals surface area contributed by atoms with Gasteiger partial charge in [-0.05, 0) is 37.8 Å². The number of ether oxygens (including phenoxy) is 2. The van der Waals surface area contributed by atoms with Gasteiger partial charge in [0.15, 0.2) is 0 Å². The van der Waals surface area contributed by atoms with Crippen molar-refractivity contribution in [1.82, 2.24) is 5.09 Å². The molecule has 1 N–H and O–H groups in total. The lowest BCUT2D eigenvalue weighted by atomic mass is 10.3. The normalized spacial score (nSPS) is 15.8. The summed E-state index contributed by atoms with van der Waals surface area (Å²) >= 11 is 0. The van der Waals surface area contributed by atoms with E-state index in [1.54, 1.807) is 12.1 Å². The van der Waals surface area contributed by atoms with Gasteiger partial charge >= 0.3 is 14.5 Å². The van der Waals surface area contributed by atoms with Crippen LogP contribution in [0.25, 0.3) is 0 Å². The van der Waals surface area contributed by atoms with Crippen LogP contribution >= 0.6 is 8.53 Å². The van der Waals surface area contributed by atoms with Crippen LogP contribution in [0, 0.1) is 12.3 Å². The zero-order valence-corrected chi connectivity index (χ0v) is 15.7. The van der Waals surface area contributed by atoms with Crippen molar-refractivity contribution in [3.05, 3.63) is 42.4 Å². The molecule has 0 bridgehead atoms. The number of carbonyl (C=O) groups is 1. The van der Waals surface area contributed by atoms with Gasteiger partial charge in [0.2, 0.25) is 0 Å².